The van der Waals surface area contributed by atoms with Crippen molar-refractivity contribution in [2.45, 2.75) is 18.3 Å². The van der Waals surface area contributed by atoms with Crippen molar-refractivity contribution in [3.8, 4) is 0 Å². The Balaban J connectivity index is 1.23. The molecule has 2 aromatic carbocycles. The van der Waals surface area contributed by atoms with Gasteiger partial charge in [-0.2, -0.15) is 0 Å². The number of fused-ring (bicyclic) bond motifs is 1. The van der Waals surface area contributed by atoms with E-state index in [1.807, 2.05) is 42.5 Å². The molecule has 0 N–H and O–H groups in total. The minimum atomic E-state index is -0.815. The van der Waals surface area contributed by atoms with Crippen LogP contribution in [0.15, 0.2) is 64.2 Å². The van der Waals surface area contributed by atoms with E-state index in [4.69, 9.17) is 9.15 Å². The number of anilines is 1. The van der Waals surface area contributed by atoms with Gasteiger partial charge in [0.15, 0.2) is 11.7 Å². The fourth-order valence-corrected chi connectivity index (χ4v) is 4.02. The lowest BCUT2D eigenvalue weighted by molar-refractivity contribution is -0.157. The van der Waals surface area contributed by atoms with Gasteiger partial charge in [-0.3, -0.25) is 9.59 Å². The van der Waals surface area contributed by atoms with Gasteiger partial charge in [0.25, 0.3) is 11.1 Å². The number of esters is 1. The smallest absolute Gasteiger partial charge is 0.317 e. The maximum atomic E-state index is 12.7. The number of para-hydroxylation sites is 3. The molecule has 2 heterocycles. The van der Waals surface area contributed by atoms with Crippen LogP contribution in [-0.2, 0) is 14.3 Å². The topological polar surface area (TPSA) is 75.9 Å². The van der Waals surface area contributed by atoms with Crippen LogP contribution >= 0.6 is 11.8 Å². The molecule has 1 fully saturated rings. The molecule has 156 valence electrons. The minimum absolute atomic E-state index is 0.0340. The maximum Gasteiger partial charge on any atom is 0.317 e. The lowest BCUT2D eigenvalue weighted by atomic mass is 10.2. The number of rotatable bonds is 6. The second-order valence-electron chi connectivity index (χ2n) is 7.02. The van der Waals surface area contributed by atoms with E-state index in [0.717, 1.165) is 36.1 Å². The van der Waals surface area contributed by atoms with E-state index in [1.165, 1.54) is 0 Å². The Bertz CT molecular complexity index is 982. The van der Waals surface area contributed by atoms with Crippen LogP contribution in [0.5, 0.6) is 0 Å². The number of piperazine rings is 1. The van der Waals surface area contributed by atoms with E-state index in [-0.39, 0.29) is 11.7 Å². The van der Waals surface area contributed by atoms with Crippen molar-refractivity contribution in [1.29, 1.82) is 0 Å². The standard InChI is InChI=1S/C22H23N3O4S/c1-16(21(27)25-13-11-24(12-14-25)17-7-3-2-4-8-17)28-20(26)15-30-22-23-18-9-5-6-10-19(18)29-22/h2-10,16H,11-15H2,1H3. The largest absolute Gasteiger partial charge is 0.452 e. The van der Waals surface area contributed by atoms with E-state index < -0.39 is 12.1 Å². The number of aromatic nitrogens is 1. The summed E-state index contributed by atoms with van der Waals surface area (Å²) in [6.45, 7) is 4.34. The quantitative estimate of drug-likeness (QED) is 0.443. The molecule has 8 heteroatoms. The fraction of sp³-hybridized carbons (Fsp3) is 0.318. The van der Waals surface area contributed by atoms with Gasteiger partial charge in [-0.1, -0.05) is 42.1 Å². The van der Waals surface area contributed by atoms with Crippen molar-refractivity contribution in [1.82, 2.24) is 9.88 Å². The molecule has 0 spiro atoms. The predicted octanol–water partition coefficient (Wildman–Crippen LogP) is 3.20. The summed E-state index contributed by atoms with van der Waals surface area (Å²) in [7, 11) is 0. The van der Waals surface area contributed by atoms with Crippen LogP contribution in [0.1, 0.15) is 6.92 Å². The zero-order valence-corrected chi connectivity index (χ0v) is 17.5. The zero-order valence-electron chi connectivity index (χ0n) is 16.7. The van der Waals surface area contributed by atoms with Crippen LogP contribution in [-0.4, -0.2) is 59.8 Å². The normalized spacial score (nSPS) is 15.2. The number of carbonyl (C=O) groups excluding carboxylic acids is 2. The Hall–Kier alpha value is -3.00. The number of carbonyl (C=O) groups is 2. The molecule has 4 rings (SSSR count). The Labute approximate surface area is 179 Å². The molecule has 0 saturated carbocycles. The number of benzene rings is 2. The Kier molecular flexibility index (Phi) is 6.23. The SMILES string of the molecule is CC(OC(=O)CSc1nc2ccccc2o1)C(=O)N1CCN(c2ccccc2)CC1. The van der Waals surface area contributed by atoms with Gasteiger partial charge in [0.05, 0.1) is 0 Å². The summed E-state index contributed by atoms with van der Waals surface area (Å²) in [6.07, 6.45) is -0.815. The molecule has 0 bridgehead atoms. The average molecular weight is 426 g/mol. The van der Waals surface area contributed by atoms with E-state index in [9.17, 15) is 9.59 Å². The first kappa shape index (κ1) is 20.3. The van der Waals surface area contributed by atoms with Crippen molar-refractivity contribution in [3.05, 3.63) is 54.6 Å². The van der Waals surface area contributed by atoms with Crippen molar-refractivity contribution in [3.63, 3.8) is 0 Å². The molecule has 0 aliphatic carbocycles. The van der Waals surface area contributed by atoms with Crippen LogP contribution in [0.4, 0.5) is 5.69 Å². The molecule has 30 heavy (non-hydrogen) atoms. The molecule has 1 unspecified atom stereocenters. The summed E-state index contributed by atoms with van der Waals surface area (Å²) in [5.74, 6) is -0.597. The van der Waals surface area contributed by atoms with Crippen LogP contribution in [0, 0.1) is 0 Å². The predicted molar refractivity (Wildman–Crippen MR) is 116 cm³/mol. The van der Waals surface area contributed by atoms with E-state index >= 15 is 0 Å². The molecule has 1 amide bonds. The summed E-state index contributed by atoms with van der Waals surface area (Å²) >= 11 is 1.16. The Morgan fingerprint density at radius 2 is 1.77 bits per heavy atom. The molecular weight excluding hydrogens is 402 g/mol. The van der Waals surface area contributed by atoms with Gasteiger partial charge in [-0.25, -0.2) is 4.98 Å². The first-order valence-corrected chi connectivity index (χ1v) is 10.9. The van der Waals surface area contributed by atoms with Crippen LogP contribution in [0.2, 0.25) is 0 Å². The molecule has 1 aromatic heterocycles. The van der Waals surface area contributed by atoms with Crippen LogP contribution in [0.25, 0.3) is 11.1 Å². The average Bonchev–Trinajstić information content (AvgIpc) is 3.21. The number of hydrogen-bond acceptors (Lipinski definition) is 7. The molecule has 0 radical (unpaired) electrons. The van der Waals surface area contributed by atoms with Gasteiger partial charge in [0.1, 0.15) is 11.3 Å². The summed E-state index contributed by atoms with van der Waals surface area (Å²) in [4.78, 5) is 33.2. The highest BCUT2D eigenvalue weighted by Gasteiger charge is 2.27. The van der Waals surface area contributed by atoms with Crippen molar-refractivity contribution < 1.29 is 18.7 Å². The molecule has 1 atom stereocenters. The lowest BCUT2D eigenvalue weighted by Gasteiger charge is -2.37. The summed E-state index contributed by atoms with van der Waals surface area (Å²) in [6, 6.07) is 17.5. The Morgan fingerprint density at radius 1 is 1.07 bits per heavy atom. The third kappa shape index (κ3) is 4.76. The summed E-state index contributed by atoms with van der Waals surface area (Å²) in [5.41, 5.74) is 2.57. The fourth-order valence-electron chi connectivity index (χ4n) is 3.40. The van der Waals surface area contributed by atoms with E-state index in [1.54, 1.807) is 11.8 Å². The second kappa shape index (κ2) is 9.21. The molecular formula is C22H23N3O4S. The molecule has 3 aromatic rings. The zero-order chi connectivity index (χ0) is 20.9. The maximum absolute atomic E-state index is 12.7. The van der Waals surface area contributed by atoms with Gasteiger partial charge in [-0.05, 0) is 31.2 Å². The lowest BCUT2D eigenvalue weighted by Crippen LogP contribution is -2.51. The molecule has 1 aliphatic heterocycles. The van der Waals surface area contributed by atoms with Gasteiger partial charge in [0.2, 0.25) is 0 Å². The highest BCUT2D eigenvalue weighted by Crippen LogP contribution is 2.23. The Morgan fingerprint density at radius 3 is 2.50 bits per heavy atom. The third-order valence-electron chi connectivity index (χ3n) is 4.96. The minimum Gasteiger partial charge on any atom is -0.452 e. The van der Waals surface area contributed by atoms with Crippen molar-refractivity contribution in [2.24, 2.45) is 0 Å². The molecule has 1 aliphatic rings. The number of oxazole rings is 1. The third-order valence-corrected chi connectivity index (χ3v) is 5.76. The van der Waals surface area contributed by atoms with Crippen LogP contribution < -0.4 is 4.90 Å². The number of nitrogens with zero attached hydrogens (tertiary/aromatic N) is 3. The van der Waals surface area contributed by atoms with Gasteiger partial charge in [-0.15, -0.1) is 0 Å². The summed E-state index contributed by atoms with van der Waals surface area (Å²) < 4.78 is 10.9. The molecule has 7 nitrogen and oxygen atoms in total. The van der Waals surface area contributed by atoms with E-state index in [2.05, 4.69) is 22.0 Å². The highest BCUT2D eigenvalue weighted by atomic mass is 32.2. The first-order valence-electron chi connectivity index (χ1n) is 9.87. The number of thioether (sulfide) groups is 1. The number of hydrogen-bond donors (Lipinski definition) is 0. The van der Waals surface area contributed by atoms with E-state index in [0.29, 0.717) is 23.9 Å². The van der Waals surface area contributed by atoms with Crippen molar-refractivity contribution in [2.75, 3.05) is 36.8 Å². The first-order chi connectivity index (χ1) is 14.6. The number of ether oxygens (including phenoxy) is 1. The molecule has 1 saturated heterocycles. The van der Waals surface area contributed by atoms with Crippen molar-refractivity contribution >= 4 is 40.4 Å². The van der Waals surface area contributed by atoms with Crippen LogP contribution in [0.3, 0.4) is 0 Å². The van der Waals surface area contributed by atoms with Gasteiger partial charge < -0.3 is 19.0 Å². The van der Waals surface area contributed by atoms with Gasteiger partial charge >= 0.3 is 5.97 Å². The second-order valence-corrected chi connectivity index (χ2v) is 7.94. The number of amides is 1. The summed E-state index contributed by atoms with van der Waals surface area (Å²) in [5, 5.41) is 0.407. The van der Waals surface area contributed by atoms with Gasteiger partial charge in [0, 0.05) is 31.9 Å². The monoisotopic (exact) mass is 425 g/mol. The highest BCUT2D eigenvalue weighted by molar-refractivity contribution is 7.99.